The van der Waals surface area contributed by atoms with Crippen molar-refractivity contribution >= 4 is 0 Å². The quantitative estimate of drug-likeness (QED) is 0.889. The monoisotopic (exact) mass is 273 g/mol. The fourth-order valence-electron chi connectivity index (χ4n) is 2.13. The highest BCUT2D eigenvalue weighted by atomic mass is 19.1. The number of para-hydroxylation sites is 1. The van der Waals surface area contributed by atoms with Crippen molar-refractivity contribution in [2.75, 3.05) is 7.11 Å². The van der Waals surface area contributed by atoms with Crippen molar-refractivity contribution in [1.82, 2.24) is 5.32 Å². The summed E-state index contributed by atoms with van der Waals surface area (Å²) >= 11 is 0. The van der Waals surface area contributed by atoms with Crippen molar-refractivity contribution in [3.63, 3.8) is 0 Å². The van der Waals surface area contributed by atoms with E-state index in [2.05, 4.69) is 19.2 Å². The molecule has 1 N–H and O–H groups in total. The van der Waals surface area contributed by atoms with Gasteiger partial charge in [0.25, 0.3) is 0 Å². The number of hydrogen-bond acceptors (Lipinski definition) is 2. The number of rotatable bonds is 5. The van der Waals surface area contributed by atoms with E-state index in [0.717, 1.165) is 22.4 Å². The SMILES string of the molecule is COc1ccccc1-c1cc(F)ccc1CNC(C)C. The third kappa shape index (κ3) is 3.36. The van der Waals surface area contributed by atoms with Crippen molar-refractivity contribution in [2.45, 2.75) is 26.4 Å². The molecule has 0 radical (unpaired) electrons. The standard InChI is InChI=1S/C17H20FNO/c1-12(2)19-11-13-8-9-14(18)10-16(13)15-6-4-5-7-17(15)20-3/h4-10,12,19H,11H2,1-3H3. The van der Waals surface area contributed by atoms with Crippen molar-refractivity contribution in [3.8, 4) is 16.9 Å². The van der Waals surface area contributed by atoms with Gasteiger partial charge in [0.2, 0.25) is 0 Å². The fraction of sp³-hybridized carbons (Fsp3) is 0.294. The van der Waals surface area contributed by atoms with Gasteiger partial charge < -0.3 is 10.1 Å². The third-order valence-electron chi connectivity index (χ3n) is 3.17. The zero-order valence-corrected chi connectivity index (χ0v) is 12.1. The fourth-order valence-corrected chi connectivity index (χ4v) is 2.13. The molecule has 0 amide bonds. The van der Waals surface area contributed by atoms with E-state index >= 15 is 0 Å². The molecule has 2 nitrogen and oxygen atoms in total. The van der Waals surface area contributed by atoms with E-state index in [4.69, 9.17) is 4.74 Å². The van der Waals surface area contributed by atoms with Crippen molar-refractivity contribution in [1.29, 1.82) is 0 Å². The Bertz CT molecular complexity index is 581. The van der Waals surface area contributed by atoms with E-state index in [1.807, 2.05) is 30.3 Å². The number of nitrogens with one attached hydrogen (secondary N) is 1. The summed E-state index contributed by atoms with van der Waals surface area (Å²) in [5.74, 6) is 0.517. The van der Waals surface area contributed by atoms with Crippen LogP contribution in [0.1, 0.15) is 19.4 Å². The minimum absolute atomic E-state index is 0.237. The molecular formula is C17H20FNO. The second-order valence-electron chi connectivity index (χ2n) is 5.04. The van der Waals surface area contributed by atoms with Gasteiger partial charge in [-0.2, -0.15) is 0 Å². The summed E-state index contributed by atoms with van der Waals surface area (Å²) in [6.07, 6.45) is 0. The van der Waals surface area contributed by atoms with Crippen LogP contribution in [0.25, 0.3) is 11.1 Å². The highest BCUT2D eigenvalue weighted by Crippen LogP contribution is 2.32. The first-order valence-electron chi connectivity index (χ1n) is 6.77. The smallest absolute Gasteiger partial charge is 0.126 e. The molecule has 20 heavy (non-hydrogen) atoms. The zero-order chi connectivity index (χ0) is 14.5. The topological polar surface area (TPSA) is 21.3 Å². The molecule has 0 aliphatic carbocycles. The van der Waals surface area contributed by atoms with E-state index in [-0.39, 0.29) is 5.82 Å². The van der Waals surface area contributed by atoms with Gasteiger partial charge in [-0.3, -0.25) is 0 Å². The maximum Gasteiger partial charge on any atom is 0.126 e. The molecule has 106 valence electrons. The zero-order valence-electron chi connectivity index (χ0n) is 12.1. The number of hydrogen-bond donors (Lipinski definition) is 1. The lowest BCUT2D eigenvalue weighted by Gasteiger charge is -2.15. The highest BCUT2D eigenvalue weighted by molar-refractivity contribution is 5.73. The number of benzene rings is 2. The molecule has 0 saturated heterocycles. The van der Waals surface area contributed by atoms with Crippen LogP contribution in [0.2, 0.25) is 0 Å². The molecular weight excluding hydrogens is 253 g/mol. The molecule has 2 aromatic rings. The summed E-state index contributed by atoms with van der Waals surface area (Å²) in [6.45, 7) is 4.88. The van der Waals surface area contributed by atoms with Gasteiger partial charge >= 0.3 is 0 Å². The van der Waals surface area contributed by atoms with Crippen LogP contribution < -0.4 is 10.1 Å². The minimum Gasteiger partial charge on any atom is -0.496 e. The van der Waals surface area contributed by atoms with Gasteiger partial charge in [-0.15, -0.1) is 0 Å². The molecule has 0 aliphatic heterocycles. The highest BCUT2D eigenvalue weighted by Gasteiger charge is 2.11. The van der Waals surface area contributed by atoms with Gasteiger partial charge in [-0.05, 0) is 29.3 Å². The van der Waals surface area contributed by atoms with Crippen molar-refractivity contribution in [2.24, 2.45) is 0 Å². The average Bonchev–Trinajstić information content (AvgIpc) is 2.45. The van der Waals surface area contributed by atoms with Gasteiger partial charge in [0.15, 0.2) is 0 Å². The Hall–Kier alpha value is -1.87. The molecule has 0 bridgehead atoms. The summed E-state index contributed by atoms with van der Waals surface area (Å²) in [6, 6.07) is 12.9. The first kappa shape index (κ1) is 14.5. The largest absolute Gasteiger partial charge is 0.496 e. The van der Waals surface area contributed by atoms with Gasteiger partial charge in [-0.25, -0.2) is 4.39 Å². The molecule has 2 aromatic carbocycles. The van der Waals surface area contributed by atoms with Crippen molar-refractivity contribution < 1.29 is 9.13 Å². The molecule has 0 aliphatic rings. The Morgan fingerprint density at radius 3 is 2.55 bits per heavy atom. The number of halogens is 1. The summed E-state index contributed by atoms with van der Waals surface area (Å²) in [5.41, 5.74) is 2.84. The maximum absolute atomic E-state index is 13.6. The lowest BCUT2D eigenvalue weighted by atomic mass is 9.98. The van der Waals surface area contributed by atoms with E-state index in [9.17, 15) is 4.39 Å². The first-order valence-corrected chi connectivity index (χ1v) is 6.77. The lowest BCUT2D eigenvalue weighted by Crippen LogP contribution is -2.22. The Morgan fingerprint density at radius 1 is 1.10 bits per heavy atom. The van der Waals surface area contributed by atoms with Gasteiger partial charge in [-0.1, -0.05) is 38.1 Å². The van der Waals surface area contributed by atoms with Crippen LogP contribution in [0.4, 0.5) is 4.39 Å². The normalized spacial score (nSPS) is 10.8. The van der Waals surface area contributed by atoms with Crippen LogP contribution >= 0.6 is 0 Å². The molecule has 3 heteroatoms. The Morgan fingerprint density at radius 2 is 1.85 bits per heavy atom. The van der Waals surface area contributed by atoms with E-state index < -0.39 is 0 Å². The van der Waals surface area contributed by atoms with E-state index in [1.165, 1.54) is 6.07 Å². The maximum atomic E-state index is 13.6. The molecule has 0 saturated carbocycles. The second-order valence-corrected chi connectivity index (χ2v) is 5.04. The Kier molecular flexibility index (Phi) is 4.74. The van der Waals surface area contributed by atoms with Gasteiger partial charge in [0.05, 0.1) is 7.11 Å². The third-order valence-corrected chi connectivity index (χ3v) is 3.17. The second kappa shape index (κ2) is 6.53. The summed E-state index contributed by atoms with van der Waals surface area (Å²) < 4.78 is 19.0. The average molecular weight is 273 g/mol. The predicted octanol–water partition coefficient (Wildman–Crippen LogP) is 4.00. The lowest BCUT2D eigenvalue weighted by molar-refractivity contribution is 0.416. The molecule has 0 heterocycles. The molecule has 0 aromatic heterocycles. The van der Waals surface area contributed by atoms with E-state index in [1.54, 1.807) is 13.2 Å². The Balaban J connectivity index is 2.45. The Labute approximate surface area is 119 Å². The van der Waals surface area contributed by atoms with Crippen molar-refractivity contribution in [3.05, 3.63) is 53.8 Å². The minimum atomic E-state index is -0.237. The van der Waals surface area contributed by atoms with Gasteiger partial charge in [0, 0.05) is 18.2 Å². The summed E-state index contributed by atoms with van der Waals surface area (Å²) in [5, 5.41) is 3.37. The number of ether oxygens (including phenoxy) is 1. The molecule has 0 fully saturated rings. The number of methoxy groups -OCH3 is 1. The molecule has 0 spiro atoms. The molecule has 0 unspecified atom stereocenters. The summed E-state index contributed by atoms with van der Waals surface area (Å²) in [4.78, 5) is 0. The van der Waals surface area contributed by atoms with Crippen LogP contribution in [0.3, 0.4) is 0 Å². The van der Waals surface area contributed by atoms with Gasteiger partial charge in [0.1, 0.15) is 11.6 Å². The van der Waals surface area contributed by atoms with E-state index in [0.29, 0.717) is 12.6 Å². The predicted molar refractivity (Wildman–Crippen MR) is 80.4 cm³/mol. The summed E-state index contributed by atoms with van der Waals surface area (Å²) in [7, 11) is 1.63. The van der Waals surface area contributed by atoms with Crippen LogP contribution in [-0.4, -0.2) is 13.2 Å². The first-order chi connectivity index (χ1) is 9.61. The van der Waals surface area contributed by atoms with Crippen LogP contribution in [0.15, 0.2) is 42.5 Å². The van der Waals surface area contributed by atoms with Crippen LogP contribution in [0.5, 0.6) is 5.75 Å². The van der Waals surface area contributed by atoms with Crippen LogP contribution in [-0.2, 0) is 6.54 Å². The molecule has 0 atom stereocenters. The molecule has 2 rings (SSSR count). The van der Waals surface area contributed by atoms with Crippen LogP contribution in [0, 0.1) is 5.82 Å².